The van der Waals surface area contributed by atoms with E-state index in [0.717, 1.165) is 70.8 Å². The summed E-state index contributed by atoms with van der Waals surface area (Å²) >= 11 is 3.53. The molecule has 0 aliphatic carbocycles. The minimum absolute atomic E-state index is 0.148. The zero-order valence-electron chi connectivity index (χ0n) is 17.1. The molecular formula is C24H23BrN4O2. The van der Waals surface area contributed by atoms with Crippen LogP contribution in [0.3, 0.4) is 0 Å². The largest absolute Gasteiger partial charge is 0.379 e. The normalized spacial score (nSPS) is 15.4. The number of pyridine rings is 1. The second-order valence-corrected chi connectivity index (χ2v) is 8.61. The van der Waals surface area contributed by atoms with Crippen LogP contribution in [0.4, 0.5) is 0 Å². The molecule has 0 amide bonds. The first-order valence-corrected chi connectivity index (χ1v) is 11.2. The van der Waals surface area contributed by atoms with Gasteiger partial charge in [-0.05, 0) is 36.4 Å². The fraction of sp³-hybridized carbons (Fsp3) is 0.250. The van der Waals surface area contributed by atoms with Crippen LogP contribution >= 0.6 is 15.9 Å². The molecule has 158 valence electrons. The van der Waals surface area contributed by atoms with E-state index in [1.54, 1.807) is 0 Å². The molecule has 0 radical (unpaired) electrons. The molecule has 0 saturated carbocycles. The number of H-pyrrole nitrogens is 1. The Hall–Kier alpha value is -2.74. The SMILES string of the molecule is O=C(CCN1CCOCC1)c1c(/C=C/c2cn3ccccc3n2)[nH]c2cc(Br)ccc12. The van der Waals surface area contributed by atoms with Gasteiger partial charge in [0, 0.05) is 53.8 Å². The molecule has 0 spiro atoms. The van der Waals surface area contributed by atoms with Crippen LogP contribution in [0.15, 0.2) is 53.3 Å². The van der Waals surface area contributed by atoms with E-state index in [2.05, 4.69) is 30.8 Å². The standard InChI is InChI=1S/C24H23BrN4O2/c25-17-4-6-19-21(15-17)27-20(7-5-18-16-29-9-2-1-3-23(29)26-18)24(19)22(30)8-10-28-11-13-31-14-12-28/h1-7,9,15-16,27H,8,10-14H2/b7-5+. The highest BCUT2D eigenvalue weighted by Crippen LogP contribution is 2.28. The van der Waals surface area contributed by atoms with E-state index in [4.69, 9.17) is 4.74 Å². The number of fused-ring (bicyclic) bond motifs is 2. The van der Waals surface area contributed by atoms with Crippen molar-refractivity contribution in [1.29, 1.82) is 0 Å². The Morgan fingerprint density at radius 3 is 2.90 bits per heavy atom. The van der Waals surface area contributed by atoms with Crippen molar-refractivity contribution in [3.05, 3.63) is 70.2 Å². The van der Waals surface area contributed by atoms with Crippen molar-refractivity contribution in [3.8, 4) is 0 Å². The highest BCUT2D eigenvalue weighted by atomic mass is 79.9. The lowest BCUT2D eigenvalue weighted by molar-refractivity contribution is 0.0370. The van der Waals surface area contributed by atoms with Crippen LogP contribution in [0.1, 0.15) is 28.2 Å². The van der Waals surface area contributed by atoms with Crippen molar-refractivity contribution in [2.45, 2.75) is 6.42 Å². The third-order valence-corrected chi connectivity index (χ3v) is 6.12. The third kappa shape index (κ3) is 4.35. The summed E-state index contributed by atoms with van der Waals surface area (Å²) in [5.74, 6) is 0.148. The Morgan fingerprint density at radius 2 is 2.06 bits per heavy atom. The number of aromatic amines is 1. The van der Waals surface area contributed by atoms with E-state index in [0.29, 0.717) is 6.42 Å². The van der Waals surface area contributed by atoms with E-state index in [1.807, 2.05) is 65.3 Å². The maximum absolute atomic E-state index is 13.3. The Morgan fingerprint density at radius 1 is 1.19 bits per heavy atom. The third-order valence-electron chi connectivity index (χ3n) is 5.63. The number of Topliss-reactive ketones (excluding diaryl/α,β-unsaturated/α-hetero) is 1. The Balaban J connectivity index is 1.45. The Labute approximate surface area is 188 Å². The summed E-state index contributed by atoms with van der Waals surface area (Å²) in [6.45, 7) is 4.00. The average molecular weight is 479 g/mol. The quantitative estimate of drug-likeness (QED) is 0.409. The van der Waals surface area contributed by atoms with E-state index in [-0.39, 0.29) is 5.78 Å². The van der Waals surface area contributed by atoms with Crippen molar-refractivity contribution in [2.24, 2.45) is 0 Å². The van der Waals surface area contributed by atoms with Crippen molar-refractivity contribution >= 4 is 50.4 Å². The summed E-state index contributed by atoms with van der Waals surface area (Å²) in [5.41, 5.74) is 4.24. The van der Waals surface area contributed by atoms with Crippen LogP contribution in [0.25, 0.3) is 28.7 Å². The molecule has 1 fully saturated rings. The van der Waals surface area contributed by atoms with Gasteiger partial charge in [0.1, 0.15) is 5.65 Å². The molecule has 7 heteroatoms. The van der Waals surface area contributed by atoms with Crippen molar-refractivity contribution in [1.82, 2.24) is 19.3 Å². The molecule has 1 aliphatic heterocycles. The molecule has 6 nitrogen and oxygen atoms in total. The van der Waals surface area contributed by atoms with Gasteiger partial charge >= 0.3 is 0 Å². The molecule has 1 saturated heterocycles. The van der Waals surface area contributed by atoms with Gasteiger partial charge in [0.15, 0.2) is 5.78 Å². The maximum Gasteiger partial charge on any atom is 0.166 e. The molecule has 0 unspecified atom stereocenters. The predicted octanol–water partition coefficient (Wildman–Crippen LogP) is 4.65. The van der Waals surface area contributed by atoms with Gasteiger partial charge in [-0.1, -0.05) is 28.1 Å². The van der Waals surface area contributed by atoms with E-state index in [9.17, 15) is 4.79 Å². The number of morpholine rings is 1. The maximum atomic E-state index is 13.3. The number of rotatable bonds is 6. The lowest BCUT2D eigenvalue weighted by atomic mass is 10.0. The summed E-state index contributed by atoms with van der Waals surface area (Å²) < 4.78 is 8.37. The van der Waals surface area contributed by atoms with E-state index >= 15 is 0 Å². The van der Waals surface area contributed by atoms with Gasteiger partial charge in [0.25, 0.3) is 0 Å². The van der Waals surface area contributed by atoms with E-state index in [1.165, 1.54) is 0 Å². The first-order valence-electron chi connectivity index (χ1n) is 10.4. The van der Waals surface area contributed by atoms with Gasteiger partial charge < -0.3 is 14.1 Å². The molecule has 1 aliphatic rings. The molecule has 31 heavy (non-hydrogen) atoms. The second-order valence-electron chi connectivity index (χ2n) is 7.70. The predicted molar refractivity (Wildman–Crippen MR) is 126 cm³/mol. The smallest absolute Gasteiger partial charge is 0.166 e. The molecule has 0 atom stereocenters. The van der Waals surface area contributed by atoms with Crippen LogP contribution in [-0.2, 0) is 4.74 Å². The number of benzene rings is 1. The minimum Gasteiger partial charge on any atom is -0.379 e. The molecule has 1 aromatic carbocycles. The van der Waals surface area contributed by atoms with Crippen molar-refractivity contribution < 1.29 is 9.53 Å². The van der Waals surface area contributed by atoms with Gasteiger partial charge in [-0.25, -0.2) is 4.98 Å². The number of nitrogens with one attached hydrogen (secondary N) is 1. The van der Waals surface area contributed by atoms with Crippen molar-refractivity contribution in [2.75, 3.05) is 32.8 Å². The number of carbonyl (C=O) groups excluding carboxylic acids is 1. The number of halogens is 1. The Bertz CT molecular complexity index is 1230. The topological polar surface area (TPSA) is 62.6 Å². The average Bonchev–Trinajstić information content (AvgIpc) is 3.37. The number of ketones is 1. The summed E-state index contributed by atoms with van der Waals surface area (Å²) in [7, 11) is 0. The number of hydrogen-bond donors (Lipinski definition) is 1. The number of nitrogens with zero attached hydrogens (tertiary/aromatic N) is 3. The highest BCUT2D eigenvalue weighted by Gasteiger charge is 2.19. The lowest BCUT2D eigenvalue weighted by Gasteiger charge is -2.26. The van der Waals surface area contributed by atoms with Gasteiger partial charge in [-0.3, -0.25) is 9.69 Å². The molecule has 4 heterocycles. The molecular weight excluding hydrogens is 456 g/mol. The fourth-order valence-corrected chi connectivity index (χ4v) is 4.39. The van der Waals surface area contributed by atoms with E-state index < -0.39 is 0 Å². The number of hydrogen-bond acceptors (Lipinski definition) is 4. The van der Waals surface area contributed by atoms with Gasteiger partial charge in [-0.15, -0.1) is 0 Å². The first-order chi connectivity index (χ1) is 15.2. The Kier molecular flexibility index (Phi) is 5.72. The second kappa shape index (κ2) is 8.78. The molecule has 5 rings (SSSR count). The molecule has 0 bridgehead atoms. The minimum atomic E-state index is 0.148. The number of ether oxygens (including phenoxy) is 1. The van der Waals surface area contributed by atoms with Gasteiger partial charge in [-0.2, -0.15) is 0 Å². The highest BCUT2D eigenvalue weighted by molar-refractivity contribution is 9.10. The first kappa shape index (κ1) is 20.2. The van der Waals surface area contributed by atoms with Crippen LogP contribution in [0.2, 0.25) is 0 Å². The lowest BCUT2D eigenvalue weighted by Crippen LogP contribution is -2.37. The number of aromatic nitrogens is 3. The van der Waals surface area contributed by atoms with Crippen LogP contribution in [-0.4, -0.2) is 57.9 Å². The summed E-state index contributed by atoms with van der Waals surface area (Å²) in [6, 6.07) is 11.9. The van der Waals surface area contributed by atoms with Crippen LogP contribution in [0, 0.1) is 0 Å². The number of imidazole rings is 1. The molecule has 3 aromatic heterocycles. The monoisotopic (exact) mass is 478 g/mol. The van der Waals surface area contributed by atoms with Gasteiger partial charge in [0.2, 0.25) is 0 Å². The molecule has 1 N–H and O–H groups in total. The number of carbonyl (C=O) groups is 1. The van der Waals surface area contributed by atoms with Gasteiger partial charge in [0.05, 0.1) is 30.2 Å². The zero-order valence-corrected chi connectivity index (χ0v) is 18.6. The van der Waals surface area contributed by atoms with Crippen LogP contribution < -0.4 is 0 Å². The molecule has 4 aromatic rings. The summed E-state index contributed by atoms with van der Waals surface area (Å²) in [5, 5.41) is 0.949. The van der Waals surface area contributed by atoms with Crippen LogP contribution in [0.5, 0.6) is 0 Å². The summed E-state index contributed by atoms with van der Waals surface area (Å²) in [6.07, 6.45) is 8.34. The fourth-order valence-electron chi connectivity index (χ4n) is 4.03. The summed E-state index contributed by atoms with van der Waals surface area (Å²) in [4.78, 5) is 23.6. The van der Waals surface area contributed by atoms with Crippen molar-refractivity contribution in [3.63, 3.8) is 0 Å². The zero-order chi connectivity index (χ0) is 21.2.